The average molecular weight is 292 g/mol. The standard InChI is InChI=1S/C16H24N2O3/c1-12-6-4-3-5-7-14(12)17-11-13-8-9-16(21-2)15(10-13)18(19)20/h8-10,12,14,17H,3-7,11H2,1-2H3. The molecule has 1 aromatic carbocycles. The first-order valence-corrected chi connectivity index (χ1v) is 7.66. The SMILES string of the molecule is COc1ccc(CNC2CCCCCC2C)cc1[N+](=O)[O-]. The third kappa shape index (κ3) is 4.17. The Labute approximate surface area is 125 Å². The van der Waals surface area contributed by atoms with Gasteiger partial charge in [-0.05, 0) is 30.4 Å². The highest BCUT2D eigenvalue weighted by Gasteiger charge is 2.20. The van der Waals surface area contributed by atoms with Crippen LogP contribution in [0.15, 0.2) is 18.2 Å². The number of nitrogens with zero attached hydrogens (tertiary/aromatic N) is 1. The molecular formula is C16H24N2O3. The molecule has 0 aliphatic heterocycles. The topological polar surface area (TPSA) is 64.4 Å². The first-order chi connectivity index (χ1) is 10.1. The summed E-state index contributed by atoms with van der Waals surface area (Å²) in [5, 5.41) is 14.6. The number of rotatable bonds is 5. The molecule has 0 spiro atoms. The van der Waals surface area contributed by atoms with Crippen LogP contribution in [-0.4, -0.2) is 18.1 Å². The van der Waals surface area contributed by atoms with Crippen LogP contribution in [0.3, 0.4) is 0 Å². The van der Waals surface area contributed by atoms with Gasteiger partial charge >= 0.3 is 5.69 Å². The quantitative estimate of drug-likeness (QED) is 0.511. The van der Waals surface area contributed by atoms with Crippen LogP contribution < -0.4 is 10.1 Å². The fraction of sp³-hybridized carbons (Fsp3) is 0.625. The fourth-order valence-electron chi connectivity index (χ4n) is 3.03. The number of nitro groups is 1. The van der Waals surface area contributed by atoms with Crippen molar-refractivity contribution in [1.29, 1.82) is 0 Å². The summed E-state index contributed by atoms with van der Waals surface area (Å²) in [6.07, 6.45) is 6.36. The van der Waals surface area contributed by atoms with E-state index in [1.165, 1.54) is 39.2 Å². The van der Waals surface area contributed by atoms with Gasteiger partial charge in [-0.15, -0.1) is 0 Å². The average Bonchev–Trinajstić information content (AvgIpc) is 2.69. The number of nitrogens with one attached hydrogen (secondary N) is 1. The number of nitro benzene ring substituents is 1. The van der Waals surface area contributed by atoms with Crippen LogP contribution in [0.4, 0.5) is 5.69 Å². The highest BCUT2D eigenvalue weighted by atomic mass is 16.6. The molecule has 0 amide bonds. The predicted molar refractivity (Wildman–Crippen MR) is 82.5 cm³/mol. The zero-order valence-electron chi connectivity index (χ0n) is 12.8. The van der Waals surface area contributed by atoms with Gasteiger partial charge in [0.2, 0.25) is 0 Å². The second kappa shape index (κ2) is 7.41. The van der Waals surface area contributed by atoms with Gasteiger partial charge in [0.25, 0.3) is 0 Å². The molecule has 1 fully saturated rings. The zero-order valence-corrected chi connectivity index (χ0v) is 12.8. The summed E-state index contributed by atoms with van der Waals surface area (Å²) in [6.45, 7) is 2.96. The molecule has 0 saturated heterocycles. The lowest BCUT2D eigenvalue weighted by molar-refractivity contribution is -0.385. The van der Waals surface area contributed by atoms with Crippen molar-refractivity contribution in [3.05, 3.63) is 33.9 Å². The van der Waals surface area contributed by atoms with E-state index in [-0.39, 0.29) is 5.69 Å². The number of hydrogen-bond acceptors (Lipinski definition) is 4. The van der Waals surface area contributed by atoms with E-state index >= 15 is 0 Å². The Kier molecular flexibility index (Phi) is 5.56. The molecule has 2 unspecified atom stereocenters. The Balaban J connectivity index is 2.02. The molecule has 0 bridgehead atoms. The smallest absolute Gasteiger partial charge is 0.311 e. The van der Waals surface area contributed by atoms with Gasteiger partial charge in [0.15, 0.2) is 5.75 Å². The molecule has 2 rings (SSSR count). The molecular weight excluding hydrogens is 268 g/mol. The van der Waals surface area contributed by atoms with E-state index in [0.717, 1.165) is 5.56 Å². The Morgan fingerprint density at radius 1 is 1.33 bits per heavy atom. The highest BCUT2D eigenvalue weighted by Crippen LogP contribution is 2.28. The molecule has 21 heavy (non-hydrogen) atoms. The molecule has 5 heteroatoms. The van der Waals surface area contributed by atoms with Gasteiger partial charge in [0.05, 0.1) is 12.0 Å². The van der Waals surface area contributed by atoms with Crippen molar-refractivity contribution < 1.29 is 9.66 Å². The summed E-state index contributed by atoms with van der Waals surface area (Å²) in [5.74, 6) is 0.979. The third-order valence-electron chi connectivity index (χ3n) is 4.37. The van der Waals surface area contributed by atoms with Crippen LogP contribution in [0.25, 0.3) is 0 Å². The molecule has 116 valence electrons. The summed E-state index contributed by atoms with van der Waals surface area (Å²) in [7, 11) is 1.45. The minimum absolute atomic E-state index is 0.0331. The Morgan fingerprint density at radius 3 is 2.81 bits per heavy atom. The van der Waals surface area contributed by atoms with E-state index in [4.69, 9.17) is 4.74 Å². The van der Waals surface area contributed by atoms with Crippen LogP contribution in [0.1, 0.15) is 44.6 Å². The zero-order chi connectivity index (χ0) is 15.2. The molecule has 0 heterocycles. The lowest BCUT2D eigenvalue weighted by Gasteiger charge is -2.23. The molecule has 0 aromatic heterocycles. The van der Waals surface area contributed by atoms with Gasteiger partial charge in [-0.2, -0.15) is 0 Å². The molecule has 1 aromatic rings. The lowest BCUT2D eigenvalue weighted by atomic mass is 9.97. The van der Waals surface area contributed by atoms with Crippen LogP contribution in [0.5, 0.6) is 5.75 Å². The second-order valence-electron chi connectivity index (χ2n) is 5.87. The molecule has 5 nitrogen and oxygen atoms in total. The van der Waals surface area contributed by atoms with E-state index in [2.05, 4.69) is 12.2 Å². The van der Waals surface area contributed by atoms with Crippen molar-refractivity contribution >= 4 is 5.69 Å². The van der Waals surface area contributed by atoms with Gasteiger partial charge < -0.3 is 10.1 Å². The largest absolute Gasteiger partial charge is 0.490 e. The van der Waals surface area contributed by atoms with E-state index in [9.17, 15) is 10.1 Å². The van der Waals surface area contributed by atoms with Crippen LogP contribution in [0, 0.1) is 16.0 Å². The van der Waals surface area contributed by atoms with Gasteiger partial charge in [0.1, 0.15) is 0 Å². The lowest BCUT2D eigenvalue weighted by Crippen LogP contribution is -2.33. The van der Waals surface area contributed by atoms with Crippen molar-refractivity contribution in [2.24, 2.45) is 5.92 Å². The maximum Gasteiger partial charge on any atom is 0.311 e. The van der Waals surface area contributed by atoms with Crippen molar-refractivity contribution in [3.63, 3.8) is 0 Å². The van der Waals surface area contributed by atoms with Crippen molar-refractivity contribution in [3.8, 4) is 5.75 Å². The maximum absolute atomic E-state index is 11.0. The molecule has 1 aliphatic rings. The fourth-order valence-corrected chi connectivity index (χ4v) is 3.03. The number of benzene rings is 1. The van der Waals surface area contributed by atoms with Gasteiger partial charge in [-0.25, -0.2) is 0 Å². The highest BCUT2D eigenvalue weighted by molar-refractivity contribution is 5.48. The van der Waals surface area contributed by atoms with Crippen molar-refractivity contribution in [2.75, 3.05) is 7.11 Å². The minimum atomic E-state index is -0.392. The molecule has 1 saturated carbocycles. The minimum Gasteiger partial charge on any atom is -0.490 e. The summed E-state index contributed by atoms with van der Waals surface area (Å²) in [6, 6.07) is 5.67. The van der Waals surface area contributed by atoms with Gasteiger partial charge in [-0.3, -0.25) is 10.1 Å². The molecule has 2 atom stereocenters. The van der Waals surface area contributed by atoms with Gasteiger partial charge in [0, 0.05) is 18.7 Å². The van der Waals surface area contributed by atoms with Crippen molar-refractivity contribution in [1.82, 2.24) is 5.32 Å². The monoisotopic (exact) mass is 292 g/mol. The number of ether oxygens (including phenoxy) is 1. The Hall–Kier alpha value is -1.62. The van der Waals surface area contributed by atoms with E-state index < -0.39 is 4.92 Å². The van der Waals surface area contributed by atoms with E-state index in [1.54, 1.807) is 12.1 Å². The van der Waals surface area contributed by atoms with Crippen molar-refractivity contribution in [2.45, 2.75) is 51.6 Å². The van der Waals surface area contributed by atoms with Crippen LogP contribution in [-0.2, 0) is 6.54 Å². The second-order valence-corrected chi connectivity index (χ2v) is 5.87. The summed E-state index contributed by atoms with van der Waals surface area (Å²) < 4.78 is 5.03. The predicted octanol–water partition coefficient (Wildman–Crippen LogP) is 3.66. The molecule has 1 N–H and O–H groups in total. The first kappa shape index (κ1) is 15.8. The van der Waals surface area contributed by atoms with Gasteiger partial charge in [-0.1, -0.05) is 32.3 Å². The Bertz CT molecular complexity index is 490. The summed E-state index contributed by atoms with van der Waals surface area (Å²) >= 11 is 0. The van der Waals surface area contributed by atoms with Crippen LogP contribution >= 0.6 is 0 Å². The third-order valence-corrected chi connectivity index (χ3v) is 4.37. The van der Waals surface area contributed by atoms with Crippen LogP contribution in [0.2, 0.25) is 0 Å². The Morgan fingerprint density at radius 2 is 2.10 bits per heavy atom. The molecule has 1 aliphatic carbocycles. The molecule has 0 radical (unpaired) electrons. The summed E-state index contributed by atoms with van der Waals surface area (Å²) in [5.41, 5.74) is 0.963. The number of methoxy groups -OCH3 is 1. The number of hydrogen-bond donors (Lipinski definition) is 1. The van der Waals surface area contributed by atoms with E-state index in [1.807, 2.05) is 6.07 Å². The normalized spacial score (nSPS) is 22.6. The maximum atomic E-state index is 11.0. The summed E-state index contributed by atoms with van der Waals surface area (Å²) in [4.78, 5) is 10.6. The first-order valence-electron chi connectivity index (χ1n) is 7.66. The van der Waals surface area contributed by atoms with E-state index in [0.29, 0.717) is 24.3 Å².